The van der Waals surface area contributed by atoms with Crippen molar-refractivity contribution in [2.45, 2.75) is 31.8 Å². The summed E-state index contributed by atoms with van der Waals surface area (Å²) in [5, 5.41) is 6.81. The van der Waals surface area contributed by atoms with Crippen LogP contribution in [-0.4, -0.2) is 53.1 Å². The maximum absolute atomic E-state index is 14.4. The number of fused-ring (bicyclic) bond motifs is 2. The fraction of sp³-hybridized carbons (Fsp3) is 0.375. The summed E-state index contributed by atoms with van der Waals surface area (Å²) in [5.41, 5.74) is 1.97. The van der Waals surface area contributed by atoms with Gasteiger partial charge < -0.3 is 20.3 Å². The molecule has 0 spiro atoms. The Morgan fingerprint density at radius 3 is 2.74 bits per heavy atom. The minimum absolute atomic E-state index is 0. The normalized spacial score (nSPS) is 16.0. The Bertz CT molecular complexity index is 1190. The van der Waals surface area contributed by atoms with Crippen molar-refractivity contribution in [2.24, 2.45) is 0 Å². The van der Waals surface area contributed by atoms with Crippen LogP contribution in [0.2, 0.25) is 0 Å². The molecule has 1 fully saturated rings. The number of rotatable bonds is 6. The van der Waals surface area contributed by atoms with Crippen LogP contribution in [0.5, 0.6) is 5.75 Å². The fourth-order valence-electron chi connectivity index (χ4n) is 4.43. The molecule has 35 heavy (non-hydrogen) atoms. The van der Waals surface area contributed by atoms with Crippen LogP contribution < -0.4 is 15.4 Å². The van der Waals surface area contributed by atoms with Crippen molar-refractivity contribution in [3.05, 3.63) is 59.4 Å². The van der Waals surface area contributed by atoms with E-state index < -0.39 is 0 Å². The van der Waals surface area contributed by atoms with Gasteiger partial charge in [0.2, 0.25) is 0 Å². The van der Waals surface area contributed by atoms with E-state index in [1.807, 2.05) is 12.1 Å². The average Bonchev–Trinajstić information content (AvgIpc) is 2.82. The Morgan fingerprint density at radius 1 is 1.14 bits per heavy atom. The number of nitrogens with one attached hydrogen (secondary N) is 2. The highest BCUT2D eigenvalue weighted by Crippen LogP contribution is 2.25. The van der Waals surface area contributed by atoms with E-state index >= 15 is 0 Å². The monoisotopic (exact) mass is 525 g/mol. The maximum atomic E-state index is 14.4. The zero-order chi connectivity index (χ0) is 22.8. The van der Waals surface area contributed by atoms with Crippen LogP contribution in [0.1, 0.15) is 24.1 Å². The number of halogens is 4. The Hall–Kier alpha value is -2.59. The lowest BCUT2D eigenvalue weighted by molar-refractivity contribution is -0.118. The largest absolute Gasteiger partial charge is 0.480 e. The smallest absolute Gasteiger partial charge is 0.263 e. The molecule has 0 saturated carbocycles. The Kier molecular flexibility index (Phi) is 9.18. The first-order chi connectivity index (χ1) is 16.0. The number of anilines is 1. The van der Waals surface area contributed by atoms with Crippen molar-refractivity contribution in [1.82, 2.24) is 20.2 Å². The van der Waals surface area contributed by atoms with Gasteiger partial charge in [0, 0.05) is 30.1 Å². The van der Waals surface area contributed by atoms with Crippen molar-refractivity contribution >= 4 is 47.4 Å². The average molecular weight is 526 g/mol. The van der Waals surface area contributed by atoms with Gasteiger partial charge in [0.1, 0.15) is 11.6 Å². The number of amides is 1. The lowest BCUT2D eigenvalue weighted by atomic mass is 10.0. The standard InChI is InChI=1S/C24H25F2N5O2.2ClH/c25-15-1-3-21-19(11-15)18(20(26)13-28-21)7-10-31-8-5-16(6-9-31)27-12-17-2-4-22-24(29-17)30-23(32)14-33-22;;/h1-4,11,13,16,27H,5-10,12,14H2,(H,29,30,32);2*1H. The molecule has 2 aliphatic rings. The Labute approximate surface area is 214 Å². The summed E-state index contributed by atoms with van der Waals surface area (Å²) in [6.07, 6.45) is 3.68. The van der Waals surface area contributed by atoms with Crippen LogP contribution in [-0.2, 0) is 17.8 Å². The minimum atomic E-state index is -0.385. The van der Waals surface area contributed by atoms with Crippen molar-refractivity contribution in [3.63, 3.8) is 0 Å². The number of piperidine rings is 1. The lowest BCUT2D eigenvalue weighted by Crippen LogP contribution is -2.43. The molecule has 2 aromatic heterocycles. The topological polar surface area (TPSA) is 79.4 Å². The van der Waals surface area contributed by atoms with E-state index in [1.165, 1.54) is 18.3 Å². The van der Waals surface area contributed by atoms with Gasteiger partial charge in [0.25, 0.3) is 5.91 Å². The molecule has 11 heteroatoms. The first kappa shape index (κ1) is 27.0. The predicted octanol–water partition coefficient (Wildman–Crippen LogP) is 3.88. The quantitative estimate of drug-likeness (QED) is 0.508. The van der Waals surface area contributed by atoms with E-state index in [9.17, 15) is 13.6 Å². The molecule has 1 amide bonds. The molecule has 0 unspecified atom stereocenters. The van der Waals surface area contributed by atoms with Gasteiger partial charge in [0.15, 0.2) is 18.2 Å². The molecule has 0 bridgehead atoms. The lowest BCUT2D eigenvalue weighted by Gasteiger charge is -2.32. The summed E-state index contributed by atoms with van der Waals surface area (Å²) in [6, 6.07) is 8.38. The summed E-state index contributed by atoms with van der Waals surface area (Å²) in [4.78, 5) is 22.3. The van der Waals surface area contributed by atoms with E-state index in [1.54, 1.807) is 6.07 Å². The number of aromatic nitrogens is 2. The molecular weight excluding hydrogens is 499 g/mol. The molecule has 2 N–H and O–H groups in total. The number of hydrogen-bond donors (Lipinski definition) is 2. The zero-order valence-corrected chi connectivity index (χ0v) is 20.6. The summed E-state index contributed by atoms with van der Waals surface area (Å²) >= 11 is 0. The van der Waals surface area contributed by atoms with Gasteiger partial charge in [-0.15, -0.1) is 24.8 Å². The second-order valence-corrected chi connectivity index (χ2v) is 8.48. The molecule has 1 saturated heterocycles. The summed E-state index contributed by atoms with van der Waals surface area (Å²) < 4.78 is 33.4. The van der Waals surface area contributed by atoms with E-state index in [0.717, 1.165) is 31.6 Å². The third kappa shape index (κ3) is 6.35. The van der Waals surface area contributed by atoms with Crippen LogP contribution in [0.3, 0.4) is 0 Å². The third-order valence-electron chi connectivity index (χ3n) is 6.26. The molecule has 1 aromatic carbocycles. The number of carbonyl (C=O) groups is 1. The van der Waals surface area contributed by atoms with E-state index in [0.29, 0.717) is 53.6 Å². The Balaban J connectivity index is 0.00000171. The third-order valence-corrected chi connectivity index (χ3v) is 6.26. The van der Waals surface area contributed by atoms with Gasteiger partial charge >= 0.3 is 0 Å². The highest BCUT2D eigenvalue weighted by molar-refractivity contribution is 5.94. The summed E-state index contributed by atoms with van der Waals surface area (Å²) in [7, 11) is 0. The molecular formula is C24H27Cl2F2N5O2. The number of pyridine rings is 2. The van der Waals surface area contributed by atoms with Crippen LogP contribution in [0, 0.1) is 11.6 Å². The van der Waals surface area contributed by atoms with Gasteiger partial charge in [0.05, 0.1) is 17.4 Å². The van der Waals surface area contributed by atoms with E-state index in [-0.39, 0.29) is 49.0 Å². The predicted molar refractivity (Wildman–Crippen MR) is 135 cm³/mol. The van der Waals surface area contributed by atoms with Crippen LogP contribution >= 0.6 is 24.8 Å². The molecule has 0 aliphatic carbocycles. The summed E-state index contributed by atoms with van der Waals surface area (Å²) in [6.45, 7) is 3.14. The van der Waals surface area contributed by atoms with Gasteiger partial charge in [-0.3, -0.25) is 9.78 Å². The number of carbonyl (C=O) groups excluding carboxylic acids is 1. The maximum Gasteiger partial charge on any atom is 0.263 e. The second-order valence-electron chi connectivity index (χ2n) is 8.48. The van der Waals surface area contributed by atoms with E-state index in [4.69, 9.17) is 4.74 Å². The first-order valence-electron chi connectivity index (χ1n) is 11.2. The van der Waals surface area contributed by atoms with Gasteiger partial charge in [-0.25, -0.2) is 13.8 Å². The van der Waals surface area contributed by atoms with E-state index in [2.05, 4.69) is 25.5 Å². The van der Waals surface area contributed by atoms with Gasteiger partial charge in [-0.1, -0.05) is 0 Å². The van der Waals surface area contributed by atoms with Crippen LogP contribution in [0.4, 0.5) is 14.6 Å². The molecule has 5 rings (SSSR count). The van der Waals surface area contributed by atoms with Crippen LogP contribution in [0.15, 0.2) is 36.5 Å². The molecule has 0 atom stereocenters. The van der Waals surface area contributed by atoms with Crippen molar-refractivity contribution in [1.29, 1.82) is 0 Å². The number of hydrogen-bond acceptors (Lipinski definition) is 6. The molecule has 7 nitrogen and oxygen atoms in total. The first-order valence-corrected chi connectivity index (χ1v) is 11.2. The Morgan fingerprint density at radius 2 is 1.94 bits per heavy atom. The number of likely N-dealkylation sites (tertiary alicyclic amines) is 1. The molecule has 2 aliphatic heterocycles. The fourth-order valence-corrected chi connectivity index (χ4v) is 4.43. The molecule has 188 valence electrons. The van der Waals surface area contributed by atoms with Gasteiger partial charge in [-0.05, 0) is 62.7 Å². The van der Waals surface area contributed by atoms with Gasteiger partial charge in [-0.2, -0.15) is 0 Å². The number of ether oxygens (including phenoxy) is 1. The molecule has 3 aromatic rings. The highest BCUT2D eigenvalue weighted by atomic mass is 35.5. The van der Waals surface area contributed by atoms with Crippen LogP contribution in [0.25, 0.3) is 10.9 Å². The van der Waals surface area contributed by atoms with Crippen molar-refractivity contribution in [3.8, 4) is 5.75 Å². The zero-order valence-electron chi connectivity index (χ0n) is 18.9. The minimum Gasteiger partial charge on any atom is -0.480 e. The number of nitrogens with zero attached hydrogens (tertiary/aromatic N) is 3. The van der Waals surface area contributed by atoms with Crippen molar-refractivity contribution in [2.75, 3.05) is 31.6 Å². The van der Waals surface area contributed by atoms with Crippen molar-refractivity contribution < 1.29 is 18.3 Å². The molecule has 0 radical (unpaired) electrons. The SMILES string of the molecule is Cl.Cl.O=C1COc2ccc(CNC3CCN(CCc4c(F)cnc5ccc(F)cc45)CC3)nc2N1. The second kappa shape index (κ2) is 11.9. The molecule has 4 heterocycles. The number of benzene rings is 1. The highest BCUT2D eigenvalue weighted by Gasteiger charge is 2.21. The summed E-state index contributed by atoms with van der Waals surface area (Å²) in [5.74, 6) is 0.0938.